The molecule has 1 unspecified atom stereocenters. The van der Waals surface area contributed by atoms with Gasteiger partial charge < -0.3 is 14.4 Å². The average Bonchev–Trinajstić information content (AvgIpc) is 2.75. The summed E-state index contributed by atoms with van der Waals surface area (Å²) in [6, 6.07) is 7.77. The largest absolute Gasteiger partial charge is 0.356 e. The molecule has 5 nitrogen and oxygen atoms in total. The van der Waals surface area contributed by atoms with Crippen LogP contribution in [0.1, 0.15) is 36.7 Å². The van der Waals surface area contributed by atoms with Gasteiger partial charge in [-0.05, 0) is 23.6 Å². The first-order valence-electron chi connectivity index (χ1n) is 7.43. The quantitative estimate of drug-likeness (QED) is 0.635. The summed E-state index contributed by atoms with van der Waals surface area (Å²) >= 11 is 0. The van der Waals surface area contributed by atoms with Crippen LogP contribution in [-0.2, 0) is 13.6 Å². The number of nitrogens with zero attached hydrogens (tertiary/aromatic N) is 1. The Bertz CT molecular complexity index is 605. The van der Waals surface area contributed by atoms with Crippen molar-refractivity contribution < 1.29 is 13.6 Å². The minimum Gasteiger partial charge on any atom is -0.353 e. The molecule has 0 saturated heterocycles. The third kappa shape index (κ3) is 3.67. The lowest BCUT2D eigenvalue weighted by molar-refractivity contribution is 0.263. The Balaban J connectivity index is 2.41. The van der Waals surface area contributed by atoms with Crippen molar-refractivity contribution in [3.63, 3.8) is 0 Å². The highest BCUT2D eigenvalue weighted by Crippen LogP contribution is 2.59. The van der Waals surface area contributed by atoms with Crippen LogP contribution in [0, 0.1) is 0 Å². The molecule has 0 saturated carbocycles. The van der Waals surface area contributed by atoms with Crippen molar-refractivity contribution in [3.05, 3.63) is 41.5 Å². The number of hydrogen-bond acceptors (Lipinski definition) is 4. The van der Waals surface area contributed by atoms with E-state index in [1.165, 1.54) is 14.2 Å². The Morgan fingerprint density at radius 3 is 2.64 bits per heavy atom. The smallest absolute Gasteiger partial charge is 0.353 e. The van der Waals surface area contributed by atoms with Crippen molar-refractivity contribution in [2.24, 2.45) is 4.99 Å². The molecule has 0 spiro atoms. The molecular formula is C16H23N2O3P. The first-order valence-corrected chi connectivity index (χ1v) is 9.05. The second kappa shape index (κ2) is 7.73. The van der Waals surface area contributed by atoms with Gasteiger partial charge >= 0.3 is 7.60 Å². The van der Waals surface area contributed by atoms with E-state index in [4.69, 9.17) is 9.05 Å². The van der Waals surface area contributed by atoms with E-state index in [0.717, 1.165) is 30.5 Å². The summed E-state index contributed by atoms with van der Waals surface area (Å²) in [6.45, 7) is 2.86. The second-order valence-electron chi connectivity index (χ2n) is 5.03. The van der Waals surface area contributed by atoms with Crippen LogP contribution in [0.4, 0.5) is 0 Å². The number of amidine groups is 1. The van der Waals surface area contributed by atoms with E-state index in [1.54, 1.807) is 0 Å². The first-order chi connectivity index (χ1) is 10.6. The second-order valence-corrected chi connectivity index (χ2v) is 7.36. The molecule has 1 heterocycles. The van der Waals surface area contributed by atoms with Crippen LogP contribution in [0.2, 0.25) is 0 Å². The molecule has 0 amide bonds. The minimum atomic E-state index is -3.33. The van der Waals surface area contributed by atoms with E-state index in [1.807, 2.05) is 36.4 Å². The van der Waals surface area contributed by atoms with Crippen LogP contribution in [0.5, 0.6) is 0 Å². The standard InChI is InChI=1S/C16H23N2O3P/c1-4-5-12-17-15-11-10-13-8-6-7-9-14(13)16(18-15)22(19,20-2)21-3/h6-11,16H,4-5,12H2,1-3H3,(H,17,18). The predicted octanol–water partition coefficient (Wildman–Crippen LogP) is 3.99. The fraction of sp³-hybridized carbons (Fsp3) is 0.438. The van der Waals surface area contributed by atoms with Gasteiger partial charge in [-0.25, -0.2) is 0 Å². The summed E-state index contributed by atoms with van der Waals surface area (Å²) in [5.41, 5.74) is 1.86. The number of fused-ring (bicyclic) bond motifs is 1. The van der Waals surface area contributed by atoms with Gasteiger partial charge in [0.25, 0.3) is 0 Å². The lowest BCUT2D eigenvalue weighted by Crippen LogP contribution is -2.27. The van der Waals surface area contributed by atoms with E-state index in [2.05, 4.69) is 17.2 Å². The summed E-state index contributed by atoms with van der Waals surface area (Å²) in [5, 5.41) is 3.22. The van der Waals surface area contributed by atoms with Gasteiger partial charge in [-0.3, -0.25) is 9.56 Å². The molecule has 120 valence electrons. The molecule has 1 aliphatic heterocycles. The lowest BCUT2D eigenvalue weighted by Gasteiger charge is -2.26. The molecule has 6 heteroatoms. The SMILES string of the molecule is CCCCN=C1C=Cc2ccccc2C(P(=O)(OC)OC)N1. The maximum absolute atomic E-state index is 12.9. The zero-order chi connectivity index (χ0) is 16.0. The average molecular weight is 322 g/mol. The van der Waals surface area contributed by atoms with Crippen LogP contribution >= 0.6 is 7.60 Å². The van der Waals surface area contributed by atoms with Crippen molar-refractivity contribution in [3.8, 4) is 0 Å². The number of aliphatic imine (C=N–C) groups is 1. The summed E-state index contributed by atoms with van der Waals surface area (Å²) in [4.78, 5) is 4.53. The summed E-state index contributed by atoms with van der Waals surface area (Å²) in [6.07, 6.45) is 5.98. The molecule has 0 aromatic heterocycles. The van der Waals surface area contributed by atoms with E-state index in [-0.39, 0.29) is 0 Å². The normalized spacial score (nSPS) is 19.6. The monoisotopic (exact) mass is 322 g/mol. The molecule has 1 N–H and O–H groups in total. The van der Waals surface area contributed by atoms with Crippen LogP contribution in [0.15, 0.2) is 35.3 Å². The van der Waals surface area contributed by atoms with E-state index < -0.39 is 13.4 Å². The highest BCUT2D eigenvalue weighted by atomic mass is 31.2. The summed E-state index contributed by atoms with van der Waals surface area (Å²) < 4.78 is 23.3. The van der Waals surface area contributed by atoms with E-state index >= 15 is 0 Å². The molecule has 2 rings (SSSR count). The van der Waals surface area contributed by atoms with Gasteiger partial charge in [0.2, 0.25) is 0 Å². The van der Waals surface area contributed by atoms with E-state index in [0.29, 0.717) is 5.84 Å². The third-order valence-corrected chi connectivity index (χ3v) is 5.67. The fourth-order valence-electron chi connectivity index (χ4n) is 2.34. The Labute approximate surface area is 132 Å². The highest BCUT2D eigenvalue weighted by molar-refractivity contribution is 7.54. The molecule has 0 bridgehead atoms. The molecule has 0 radical (unpaired) electrons. The Kier molecular flexibility index (Phi) is 5.95. The third-order valence-electron chi connectivity index (χ3n) is 3.61. The van der Waals surface area contributed by atoms with Crippen LogP contribution in [-0.4, -0.2) is 26.6 Å². The molecule has 0 fully saturated rings. The summed E-state index contributed by atoms with van der Waals surface area (Å²) in [7, 11) is -0.518. The molecule has 22 heavy (non-hydrogen) atoms. The lowest BCUT2D eigenvalue weighted by atomic mass is 10.1. The zero-order valence-corrected chi connectivity index (χ0v) is 14.2. The Morgan fingerprint density at radius 1 is 1.23 bits per heavy atom. The van der Waals surface area contributed by atoms with Gasteiger partial charge in [-0.2, -0.15) is 0 Å². The molecule has 0 aliphatic carbocycles. The van der Waals surface area contributed by atoms with Crippen molar-refractivity contribution >= 4 is 19.5 Å². The van der Waals surface area contributed by atoms with Crippen molar-refractivity contribution in [2.45, 2.75) is 25.5 Å². The van der Waals surface area contributed by atoms with Gasteiger partial charge in [-0.15, -0.1) is 0 Å². The maximum atomic E-state index is 12.9. The fourth-order valence-corrected chi connectivity index (χ4v) is 3.77. The van der Waals surface area contributed by atoms with Crippen molar-refractivity contribution in [1.82, 2.24) is 5.32 Å². The molecule has 1 aromatic rings. The number of rotatable bonds is 6. The Morgan fingerprint density at radius 2 is 1.95 bits per heavy atom. The van der Waals surface area contributed by atoms with Gasteiger partial charge in [-0.1, -0.05) is 43.7 Å². The molecule has 1 aromatic carbocycles. The number of unbranched alkanes of at least 4 members (excludes halogenated alkanes) is 1. The van der Waals surface area contributed by atoms with Crippen molar-refractivity contribution in [2.75, 3.05) is 20.8 Å². The minimum absolute atomic E-state index is 0.575. The van der Waals surface area contributed by atoms with Gasteiger partial charge in [0.05, 0.1) is 0 Å². The first kappa shape index (κ1) is 16.9. The molecular weight excluding hydrogens is 299 g/mol. The number of benzene rings is 1. The van der Waals surface area contributed by atoms with Crippen molar-refractivity contribution in [1.29, 1.82) is 0 Å². The highest BCUT2D eigenvalue weighted by Gasteiger charge is 2.37. The zero-order valence-electron chi connectivity index (χ0n) is 13.3. The van der Waals surface area contributed by atoms with E-state index in [9.17, 15) is 4.57 Å². The van der Waals surface area contributed by atoms with Crippen LogP contribution < -0.4 is 5.32 Å². The maximum Gasteiger partial charge on any atom is 0.356 e. The van der Waals surface area contributed by atoms with Gasteiger partial charge in [0.15, 0.2) is 5.78 Å². The number of hydrogen-bond donors (Lipinski definition) is 1. The predicted molar refractivity (Wildman–Crippen MR) is 90.2 cm³/mol. The topological polar surface area (TPSA) is 59.9 Å². The number of nitrogens with one attached hydrogen (secondary N) is 1. The summed E-state index contributed by atoms with van der Waals surface area (Å²) in [5.74, 6) is 0.123. The van der Waals surface area contributed by atoms with Crippen LogP contribution in [0.3, 0.4) is 0 Å². The van der Waals surface area contributed by atoms with Gasteiger partial charge in [0.1, 0.15) is 5.84 Å². The molecule has 1 aliphatic rings. The van der Waals surface area contributed by atoms with Gasteiger partial charge in [0, 0.05) is 20.8 Å². The molecule has 1 atom stereocenters. The van der Waals surface area contributed by atoms with Crippen LogP contribution in [0.25, 0.3) is 6.08 Å². The Hall–Kier alpha value is -1.42.